The standard InChI is InChI=1S/C14H9Cl2F5N2S/c1-24-12-7-5-23(22-10(7)4-13(12,17)18)11-8(15)2-6(3-9(11)16)14(19,20)21/h2-3,5,12H,4H2,1H3. The number of halogens is 7. The van der Waals surface area contributed by atoms with Crippen molar-refractivity contribution in [3.05, 3.63) is 45.2 Å². The van der Waals surface area contributed by atoms with Gasteiger partial charge in [0.25, 0.3) is 5.92 Å². The number of hydrogen-bond donors (Lipinski definition) is 0. The number of hydrogen-bond acceptors (Lipinski definition) is 2. The van der Waals surface area contributed by atoms with Gasteiger partial charge in [-0.3, -0.25) is 0 Å². The summed E-state index contributed by atoms with van der Waals surface area (Å²) in [6, 6.07) is 1.46. The first-order valence-corrected chi connectivity index (χ1v) is 8.64. The van der Waals surface area contributed by atoms with Crippen molar-refractivity contribution < 1.29 is 22.0 Å². The van der Waals surface area contributed by atoms with Gasteiger partial charge >= 0.3 is 6.18 Å². The lowest BCUT2D eigenvalue weighted by Crippen LogP contribution is -2.20. The zero-order valence-corrected chi connectivity index (χ0v) is 14.3. The molecule has 1 atom stereocenters. The summed E-state index contributed by atoms with van der Waals surface area (Å²) in [6.07, 6.45) is -2.22. The summed E-state index contributed by atoms with van der Waals surface area (Å²) in [6.45, 7) is 0. The minimum absolute atomic E-state index is 0.0314. The molecule has 0 spiro atoms. The first-order chi connectivity index (χ1) is 11.0. The van der Waals surface area contributed by atoms with E-state index in [9.17, 15) is 22.0 Å². The number of benzene rings is 1. The van der Waals surface area contributed by atoms with Gasteiger partial charge in [0, 0.05) is 11.8 Å². The summed E-state index contributed by atoms with van der Waals surface area (Å²) >= 11 is 12.8. The molecule has 130 valence electrons. The van der Waals surface area contributed by atoms with Crippen molar-refractivity contribution in [2.45, 2.75) is 23.8 Å². The molecule has 10 heteroatoms. The molecule has 0 saturated carbocycles. The van der Waals surface area contributed by atoms with Gasteiger partial charge in [-0.2, -0.15) is 30.0 Å². The Morgan fingerprint density at radius 3 is 2.33 bits per heavy atom. The third-order valence-electron chi connectivity index (χ3n) is 3.70. The Labute approximate surface area is 147 Å². The molecule has 0 amide bonds. The van der Waals surface area contributed by atoms with Gasteiger partial charge in [-0.25, -0.2) is 13.5 Å². The van der Waals surface area contributed by atoms with Crippen molar-refractivity contribution in [2.24, 2.45) is 0 Å². The zero-order chi connectivity index (χ0) is 17.9. The lowest BCUT2D eigenvalue weighted by molar-refractivity contribution is -0.137. The number of thioether (sulfide) groups is 1. The molecule has 2 aromatic rings. The van der Waals surface area contributed by atoms with Crippen LogP contribution in [0.4, 0.5) is 22.0 Å². The molecule has 0 aliphatic heterocycles. The van der Waals surface area contributed by atoms with Crippen LogP contribution < -0.4 is 0 Å². The molecule has 1 unspecified atom stereocenters. The first-order valence-electron chi connectivity index (χ1n) is 6.60. The molecule has 0 fully saturated rings. The van der Waals surface area contributed by atoms with E-state index < -0.39 is 29.3 Å². The second-order valence-corrected chi connectivity index (χ2v) is 7.07. The summed E-state index contributed by atoms with van der Waals surface area (Å²) in [5.74, 6) is -2.91. The quantitative estimate of drug-likeness (QED) is 0.591. The molecule has 1 heterocycles. The maximum atomic E-state index is 13.9. The third-order valence-corrected chi connectivity index (χ3v) is 5.35. The van der Waals surface area contributed by atoms with Gasteiger partial charge in [0.05, 0.1) is 33.0 Å². The van der Waals surface area contributed by atoms with Gasteiger partial charge in [-0.15, -0.1) is 0 Å². The summed E-state index contributed by atoms with van der Waals surface area (Å²) in [5, 5.41) is 2.46. The number of fused-ring (bicyclic) bond motifs is 1. The fraction of sp³-hybridized carbons (Fsp3) is 0.357. The van der Waals surface area contributed by atoms with Crippen LogP contribution in [-0.4, -0.2) is 22.0 Å². The van der Waals surface area contributed by atoms with E-state index in [4.69, 9.17) is 23.2 Å². The van der Waals surface area contributed by atoms with Gasteiger partial charge in [0.15, 0.2) is 0 Å². The molecule has 0 bridgehead atoms. The van der Waals surface area contributed by atoms with E-state index in [0.717, 1.165) is 28.6 Å². The van der Waals surface area contributed by atoms with E-state index >= 15 is 0 Å². The highest BCUT2D eigenvalue weighted by Gasteiger charge is 2.49. The van der Waals surface area contributed by atoms with Crippen LogP contribution in [0.5, 0.6) is 0 Å². The molecule has 0 radical (unpaired) electrons. The van der Waals surface area contributed by atoms with Crippen LogP contribution in [0.3, 0.4) is 0 Å². The average Bonchev–Trinajstić information content (AvgIpc) is 2.89. The van der Waals surface area contributed by atoms with E-state index in [0.29, 0.717) is 5.56 Å². The van der Waals surface area contributed by atoms with Crippen LogP contribution in [-0.2, 0) is 12.6 Å². The van der Waals surface area contributed by atoms with Crippen molar-refractivity contribution in [1.29, 1.82) is 0 Å². The smallest absolute Gasteiger partial charge is 0.237 e. The molecule has 3 rings (SSSR count). The Hall–Kier alpha value is -0.990. The molecule has 1 aromatic carbocycles. The summed E-state index contributed by atoms with van der Waals surface area (Å²) in [7, 11) is 0. The fourth-order valence-corrected chi connectivity index (χ4v) is 4.22. The summed E-state index contributed by atoms with van der Waals surface area (Å²) in [4.78, 5) is 0. The summed E-state index contributed by atoms with van der Waals surface area (Å²) in [5.41, 5.74) is -0.440. The number of nitrogens with zero attached hydrogens (tertiary/aromatic N) is 2. The molecular formula is C14H9Cl2F5N2S. The Kier molecular flexibility index (Phi) is 4.29. The van der Waals surface area contributed by atoms with Crippen LogP contribution >= 0.6 is 35.0 Å². The van der Waals surface area contributed by atoms with Crippen molar-refractivity contribution in [3.63, 3.8) is 0 Å². The first kappa shape index (κ1) is 17.8. The molecule has 0 N–H and O–H groups in total. The highest BCUT2D eigenvalue weighted by atomic mass is 35.5. The van der Waals surface area contributed by atoms with Gasteiger partial charge in [-0.05, 0) is 18.4 Å². The van der Waals surface area contributed by atoms with Gasteiger partial charge in [0.1, 0.15) is 5.69 Å². The predicted octanol–water partition coefficient (Wildman–Crippen LogP) is 5.79. The van der Waals surface area contributed by atoms with E-state index in [1.54, 1.807) is 6.26 Å². The SMILES string of the molecule is CSC1c2cn(-c3c(Cl)cc(C(F)(F)F)cc3Cl)nc2CC1(F)F. The van der Waals surface area contributed by atoms with Gasteiger partial charge in [-0.1, -0.05) is 23.2 Å². The van der Waals surface area contributed by atoms with Crippen LogP contribution in [0.25, 0.3) is 5.69 Å². The van der Waals surface area contributed by atoms with E-state index in [2.05, 4.69) is 5.10 Å². The van der Waals surface area contributed by atoms with Crippen molar-refractivity contribution >= 4 is 35.0 Å². The lowest BCUT2D eigenvalue weighted by atomic mass is 10.2. The highest BCUT2D eigenvalue weighted by molar-refractivity contribution is 7.98. The Balaban J connectivity index is 2.07. The van der Waals surface area contributed by atoms with Crippen LogP contribution in [0.2, 0.25) is 10.0 Å². The minimum atomic E-state index is -4.59. The fourth-order valence-electron chi connectivity index (χ4n) is 2.68. The van der Waals surface area contributed by atoms with Crippen molar-refractivity contribution in [2.75, 3.05) is 6.26 Å². The monoisotopic (exact) mass is 402 g/mol. The maximum Gasteiger partial charge on any atom is 0.416 e. The number of rotatable bonds is 2. The van der Waals surface area contributed by atoms with Crippen LogP contribution in [0, 0.1) is 0 Å². The van der Waals surface area contributed by atoms with E-state index in [1.165, 1.54) is 6.20 Å². The topological polar surface area (TPSA) is 17.8 Å². The van der Waals surface area contributed by atoms with Crippen molar-refractivity contribution in [3.8, 4) is 5.69 Å². The Morgan fingerprint density at radius 1 is 1.25 bits per heavy atom. The highest BCUT2D eigenvalue weighted by Crippen LogP contribution is 2.50. The van der Waals surface area contributed by atoms with Crippen LogP contribution in [0.15, 0.2) is 18.3 Å². The van der Waals surface area contributed by atoms with Crippen molar-refractivity contribution in [1.82, 2.24) is 9.78 Å². The van der Waals surface area contributed by atoms with E-state index in [-0.39, 0.29) is 21.4 Å². The third kappa shape index (κ3) is 2.88. The molecule has 0 saturated heterocycles. The normalized spacial score (nSPS) is 19.6. The van der Waals surface area contributed by atoms with Gasteiger partial charge < -0.3 is 0 Å². The Bertz CT molecular complexity index is 780. The molecule has 1 aliphatic rings. The Morgan fingerprint density at radius 2 is 1.83 bits per heavy atom. The second-order valence-electron chi connectivity index (χ2n) is 5.32. The molecule has 2 nitrogen and oxygen atoms in total. The molecule has 24 heavy (non-hydrogen) atoms. The van der Waals surface area contributed by atoms with Crippen LogP contribution in [0.1, 0.15) is 22.1 Å². The molecular weight excluding hydrogens is 394 g/mol. The average molecular weight is 403 g/mol. The molecule has 1 aromatic heterocycles. The second kappa shape index (κ2) is 5.78. The number of alkyl halides is 5. The summed E-state index contributed by atoms with van der Waals surface area (Å²) < 4.78 is 67.2. The predicted molar refractivity (Wildman–Crippen MR) is 83.5 cm³/mol. The molecule has 1 aliphatic carbocycles. The minimum Gasteiger partial charge on any atom is -0.237 e. The zero-order valence-electron chi connectivity index (χ0n) is 12.0. The lowest BCUT2D eigenvalue weighted by Gasteiger charge is -2.17. The van der Waals surface area contributed by atoms with Gasteiger partial charge in [0.2, 0.25) is 0 Å². The van der Waals surface area contributed by atoms with E-state index in [1.807, 2.05) is 0 Å². The number of aromatic nitrogens is 2. The maximum absolute atomic E-state index is 13.9. The largest absolute Gasteiger partial charge is 0.416 e.